The molecular weight excluding hydrogens is 562 g/mol. The van der Waals surface area contributed by atoms with Gasteiger partial charge >= 0.3 is 5.97 Å². The minimum absolute atomic E-state index is 0.313. The maximum Gasteiger partial charge on any atom is 0.324 e. The van der Waals surface area contributed by atoms with Crippen LogP contribution in [-0.4, -0.2) is 61.6 Å². The molecule has 0 saturated carbocycles. The van der Waals surface area contributed by atoms with Crippen LogP contribution in [0.15, 0.2) is 78.9 Å². The van der Waals surface area contributed by atoms with Gasteiger partial charge in [-0.1, -0.05) is 97.7 Å². The second-order valence-corrected chi connectivity index (χ2v) is 11.1. The van der Waals surface area contributed by atoms with Gasteiger partial charge in [-0.2, -0.15) is 5.21 Å². The van der Waals surface area contributed by atoms with Gasteiger partial charge in [0.25, 0.3) is 0 Å². The average Bonchev–Trinajstić information content (AvgIpc) is 3.69. The minimum atomic E-state index is -0.693. The first-order valence-corrected chi connectivity index (χ1v) is 14.9. The summed E-state index contributed by atoms with van der Waals surface area (Å²) in [6, 6.07) is 25.6. The maximum atomic E-state index is 13.8. The molecule has 222 valence electrons. The number of esters is 1. The number of rotatable bonds is 13. The zero-order valence-electron chi connectivity index (χ0n) is 24.6. The Hall–Kier alpha value is -4.34. The van der Waals surface area contributed by atoms with E-state index in [9.17, 15) is 4.79 Å². The molecule has 0 radical (unpaired) electrons. The summed E-state index contributed by atoms with van der Waals surface area (Å²) in [5.41, 5.74) is 5.38. The Kier molecular flexibility index (Phi) is 9.96. The number of nitrogens with one attached hydrogen (secondary N) is 2. The van der Waals surface area contributed by atoms with Gasteiger partial charge in [-0.3, -0.25) is 9.69 Å². The van der Waals surface area contributed by atoms with E-state index in [4.69, 9.17) is 16.3 Å². The van der Waals surface area contributed by atoms with E-state index in [1.807, 2.05) is 97.9 Å². The van der Waals surface area contributed by atoms with E-state index in [2.05, 4.69) is 37.5 Å². The number of likely N-dealkylation sites (N-methyl/N-ethyl adjacent to an activating group) is 1. The third kappa shape index (κ3) is 7.55. The molecule has 3 aromatic carbocycles. The number of halogens is 1. The Morgan fingerprint density at radius 1 is 0.953 bits per heavy atom. The van der Waals surface area contributed by atoms with Crippen LogP contribution in [0.4, 0.5) is 0 Å². The number of imidazole rings is 1. The normalized spacial score (nSPS) is 12.8. The number of ether oxygens (including phenoxy) is 1. The van der Waals surface area contributed by atoms with Gasteiger partial charge in [0, 0.05) is 18.4 Å². The lowest BCUT2D eigenvalue weighted by atomic mass is 9.95. The van der Waals surface area contributed by atoms with E-state index in [0.29, 0.717) is 29.5 Å². The number of aryl methyl sites for hydroxylation is 1. The Morgan fingerprint density at radius 2 is 1.70 bits per heavy atom. The van der Waals surface area contributed by atoms with Crippen molar-refractivity contribution in [3.63, 3.8) is 0 Å². The highest BCUT2D eigenvalue weighted by atomic mass is 35.5. The standard InChI is InChI=1S/C33H36ClN7O2/c1-4-5-16-29-35-30(31(34)36-29)28(43-33(42)27(41(2)3)20-22-12-8-6-9-13-22)21-23-17-18-25(24-14-10-7-11-15-24)26(19-23)32-37-39-40-38-32/h6-15,17-19,27-28H,4-5,16,20-21H2,1-3H3,(H,35,36)(H,37,38,39,40)/t27-,28-/m1/s1. The van der Waals surface area contributed by atoms with Crippen molar-refractivity contribution < 1.29 is 9.53 Å². The zero-order chi connectivity index (χ0) is 30.2. The van der Waals surface area contributed by atoms with Crippen LogP contribution in [0.3, 0.4) is 0 Å². The molecule has 0 fully saturated rings. The van der Waals surface area contributed by atoms with E-state index < -0.39 is 12.1 Å². The lowest BCUT2D eigenvalue weighted by Gasteiger charge is -2.26. The Labute approximate surface area is 256 Å². The second kappa shape index (κ2) is 14.2. The highest BCUT2D eigenvalue weighted by Gasteiger charge is 2.30. The van der Waals surface area contributed by atoms with Crippen molar-refractivity contribution in [1.82, 2.24) is 35.5 Å². The first kappa shape index (κ1) is 30.1. The van der Waals surface area contributed by atoms with E-state index >= 15 is 0 Å². The highest BCUT2D eigenvalue weighted by molar-refractivity contribution is 6.30. The van der Waals surface area contributed by atoms with Gasteiger partial charge < -0.3 is 9.72 Å². The monoisotopic (exact) mass is 597 g/mol. The van der Waals surface area contributed by atoms with Gasteiger partial charge in [0.2, 0.25) is 5.82 Å². The summed E-state index contributed by atoms with van der Waals surface area (Å²) in [7, 11) is 3.77. The van der Waals surface area contributed by atoms with Crippen LogP contribution in [-0.2, 0) is 28.8 Å². The van der Waals surface area contributed by atoms with Gasteiger partial charge in [0.15, 0.2) is 5.15 Å². The maximum absolute atomic E-state index is 13.8. The molecule has 0 saturated heterocycles. The molecule has 2 N–H and O–H groups in total. The molecule has 0 amide bonds. The van der Waals surface area contributed by atoms with Crippen LogP contribution in [0.5, 0.6) is 0 Å². The van der Waals surface area contributed by atoms with E-state index in [1.54, 1.807) is 0 Å². The number of tetrazole rings is 1. The molecule has 2 aromatic heterocycles. The Bertz CT molecular complexity index is 1610. The third-order valence-corrected chi connectivity index (χ3v) is 7.71. The SMILES string of the molecule is CCCCc1nc(Cl)c([C@@H](Cc2ccc(-c3ccccc3)c(-c3nn[nH]n3)c2)OC(=O)[C@@H](Cc2ccccc2)N(C)C)[nH]1. The predicted molar refractivity (Wildman–Crippen MR) is 167 cm³/mol. The van der Waals surface area contributed by atoms with Crippen LogP contribution < -0.4 is 0 Å². The van der Waals surface area contributed by atoms with Crippen LogP contribution in [0, 0.1) is 0 Å². The molecule has 0 aliphatic rings. The molecule has 5 rings (SSSR count). The molecule has 0 spiro atoms. The fourth-order valence-corrected chi connectivity index (χ4v) is 5.36. The molecule has 0 aliphatic carbocycles. The van der Waals surface area contributed by atoms with E-state index in [0.717, 1.165) is 52.9 Å². The van der Waals surface area contributed by atoms with Crippen LogP contribution in [0.25, 0.3) is 22.5 Å². The smallest absolute Gasteiger partial charge is 0.324 e. The second-order valence-electron chi connectivity index (χ2n) is 10.8. The number of H-pyrrole nitrogens is 2. The molecule has 0 unspecified atom stereocenters. The number of hydrogen-bond acceptors (Lipinski definition) is 7. The summed E-state index contributed by atoms with van der Waals surface area (Å²) in [5.74, 6) is 0.924. The number of benzene rings is 3. The molecule has 43 heavy (non-hydrogen) atoms. The summed E-state index contributed by atoms with van der Waals surface area (Å²) in [4.78, 5) is 23.6. The number of carbonyl (C=O) groups excluding carboxylic acids is 1. The molecule has 5 aromatic rings. The summed E-state index contributed by atoms with van der Waals surface area (Å²) in [5, 5.41) is 15.2. The largest absolute Gasteiger partial charge is 0.454 e. The first-order valence-electron chi connectivity index (χ1n) is 14.5. The van der Waals surface area contributed by atoms with Gasteiger partial charge in [0.05, 0.1) is 5.69 Å². The topological polar surface area (TPSA) is 113 Å². The average molecular weight is 598 g/mol. The van der Waals surface area contributed by atoms with Crippen molar-refractivity contribution in [3.05, 3.63) is 107 Å². The van der Waals surface area contributed by atoms with Crippen LogP contribution in [0.1, 0.15) is 48.5 Å². The first-order chi connectivity index (χ1) is 20.9. The Morgan fingerprint density at radius 3 is 2.37 bits per heavy atom. The third-order valence-electron chi connectivity index (χ3n) is 7.43. The zero-order valence-corrected chi connectivity index (χ0v) is 25.4. The lowest BCUT2D eigenvalue weighted by Crippen LogP contribution is -2.39. The van der Waals surface area contributed by atoms with Crippen molar-refractivity contribution in [2.75, 3.05) is 14.1 Å². The van der Waals surface area contributed by atoms with Gasteiger partial charge in [-0.05, 0) is 60.5 Å². The molecule has 2 heterocycles. The van der Waals surface area contributed by atoms with Crippen LogP contribution in [0.2, 0.25) is 5.15 Å². The number of aromatic amines is 2. The summed E-state index contributed by atoms with van der Waals surface area (Å²) in [6.45, 7) is 2.13. The van der Waals surface area contributed by atoms with Crippen molar-refractivity contribution in [3.8, 4) is 22.5 Å². The molecule has 0 aliphatic heterocycles. The Balaban J connectivity index is 1.49. The molecular formula is C33H36ClN7O2. The fraction of sp³-hybridized carbons (Fsp3) is 0.303. The fourth-order valence-electron chi connectivity index (χ4n) is 5.09. The minimum Gasteiger partial charge on any atom is -0.454 e. The van der Waals surface area contributed by atoms with Gasteiger partial charge in [-0.25, -0.2) is 4.98 Å². The highest BCUT2D eigenvalue weighted by Crippen LogP contribution is 2.34. The quantitative estimate of drug-likeness (QED) is 0.154. The molecule has 2 atom stereocenters. The van der Waals surface area contributed by atoms with Gasteiger partial charge in [0.1, 0.15) is 18.0 Å². The number of aromatic nitrogens is 6. The molecule has 9 nitrogen and oxygen atoms in total. The molecule has 10 heteroatoms. The number of carbonyl (C=O) groups is 1. The number of unbranched alkanes of at least 4 members (excludes halogenated alkanes) is 1. The van der Waals surface area contributed by atoms with Crippen molar-refractivity contribution in [2.45, 2.75) is 51.2 Å². The summed E-state index contributed by atoms with van der Waals surface area (Å²) >= 11 is 6.68. The lowest BCUT2D eigenvalue weighted by molar-refractivity contribution is -0.155. The summed E-state index contributed by atoms with van der Waals surface area (Å²) < 4.78 is 6.29. The van der Waals surface area contributed by atoms with Crippen molar-refractivity contribution >= 4 is 17.6 Å². The van der Waals surface area contributed by atoms with E-state index in [1.165, 1.54) is 0 Å². The molecule has 0 bridgehead atoms. The van der Waals surface area contributed by atoms with Crippen molar-refractivity contribution in [1.29, 1.82) is 0 Å². The predicted octanol–water partition coefficient (Wildman–Crippen LogP) is 6.25. The van der Waals surface area contributed by atoms with Gasteiger partial charge in [-0.15, -0.1) is 10.2 Å². The van der Waals surface area contributed by atoms with Crippen molar-refractivity contribution in [2.24, 2.45) is 0 Å². The summed E-state index contributed by atoms with van der Waals surface area (Å²) in [6.07, 6.45) is 2.96. The van der Waals surface area contributed by atoms with E-state index in [-0.39, 0.29) is 5.97 Å². The number of hydrogen-bond donors (Lipinski definition) is 2. The number of nitrogens with zero attached hydrogens (tertiary/aromatic N) is 5. The van der Waals surface area contributed by atoms with Crippen LogP contribution >= 0.6 is 11.6 Å².